The molecular formula is C26H26Cl4N4O2. The second kappa shape index (κ2) is 14.4. The number of carbonyl (C=O) groups is 1. The summed E-state index contributed by atoms with van der Waals surface area (Å²) in [5.74, 6) is 0.269. The Balaban J connectivity index is 0.000000201. The zero-order chi connectivity index (χ0) is 25.9. The van der Waals surface area contributed by atoms with Crippen LogP contribution in [0.25, 0.3) is 0 Å². The maximum Gasteiger partial charge on any atom is 0.120 e. The number of hydrogen-bond acceptors (Lipinski definition) is 4. The van der Waals surface area contributed by atoms with Crippen LogP contribution in [0.5, 0.6) is 0 Å². The van der Waals surface area contributed by atoms with Crippen molar-refractivity contribution in [2.75, 3.05) is 6.61 Å². The number of aromatic nitrogens is 4. The van der Waals surface area contributed by atoms with E-state index >= 15 is 0 Å². The van der Waals surface area contributed by atoms with Crippen LogP contribution in [-0.4, -0.2) is 37.1 Å². The van der Waals surface area contributed by atoms with E-state index in [1.165, 1.54) is 0 Å². The smallest absolute Gasteiger partial charge is 0.120 e. The molecule has 10 heteroatoms. The summed E-state index contributed by atoms with van der Waals surface area (Å²) in [5, 5.41) is 11.3. The third-order valence-electron chi connectivity index (χ3n) is 5.67. The van der Waals surface area contributed by atoms with E-state index < -0.39 is 0 Å². The number of imidazole rings is 2. The molecule has 0 saturated carbocycles. The van der Waals surface area contributed by atoms with Crippen molar-refractivity contribution >= 4 is 52.7 Å². The average Bonchev–Trinajstić information content (AvgIpc) is 3.57. The first-order chi connectivity index (χ1) is 17.4. The minimum atomic E-state index is 0.0754. The monoisotopic (exact) mass is 566 g/mol. The molecule has 2 atom stereocenters. The molecule has 0 spiro atoms. The first-order valence-electron chi connectivity index (χ1n) is 11.3. The lowest BCUT2D eigenvalue weighted by molar-refractivity contribution is -0.108. The Bertz CT molecular complexity index is 1220. The van der Waals surface area contributed by atoms with Gasteiger partial charge in [0, 0.05) is 62.7 Å². The summed E-state index contributed by atoms with van der Waals surface area (Å²) in [4.78, 5) is 18.8. The third-order valence-corrected chi connectivity index (χ3v) is 7.15. The standard InChI is InChI=1S/C13H14Cl2N2O.C13H12Cl2N2O/c2*14-12-2-1-10(7-13(12)15)11(3-6-18)8-17-5-4-16-9-17/h1-2,4-5,7,9,11,18H,3,6,8H2;1-2,4-7,9,11H,3,8H2/t2*11-/m11/s1. The van der Waals surface area contributed by atoms with Gasteiger partial charge in [0.25, 0.3) is 0 Å². The Labute approximate surface area is 230 Å². The van der Waals surface area contributed by atoms with Crippen LogP contribution in [-0.2, 0) is 17.9 Å². The highest BCUT2D eigenvalue weighted by atomic mass is 35.5. The summed E-state index contributed by atoms with van der Waals surface area (Å²) in [5.41, 5.74) is 2.08. The van der Waals surface area contributed by atoms with Gasteiger partial charge in [-0.2, -0.15) is 0 Å². The zero-order valence-corrected chi connectivity index (χ0v) is 22.4. The topological polar surface area (TPSA) is 72.9 Å². The fraction of sp³-hybridized carbons (Fsp3) is 0.269. The molecule has 2 aromatic carbocycles. The molecule has 36 heavy (non-hydrogen) atoms. The Kier molecular flexibility index (Phi) is 11.3. The largest absolute Gasteiger partial charge is 0.396 e. The van der Waals surface area contributed by atoms with Gasteiger partial charge in [0.15, 0.2) is 0 Å². The number of rotatable bonds is 10. The maximum absolute atomic E-state index is 10.8. The number of aliphatic hydroxyl groups is 1. The van der Waals surface area contributed by atoms with Crippen LogP contribution in [0.3, 0.4) is 0 Å². The Hall–Kier alpha value is -2.35. The number of aldehydes is 1. The van der Waals surface area contributed by atoms with E-state index in [2.05, 4.69) is 9.97 Å². The van der Waals surface area contributed by atoms with Crippen molar-refractivity contribution in [1.29, 1.82) is 0 Å². The van der Waals surface area contributed by atoms with Gasteiger partial charge in [0.1, 0.15) is 6.29 Å². The van der Waals surface area contributed by atoms with Crippen molar-refractivity contribution in [3.63, 3.8) is 0 Å². The van der Waals surface area contributed by atoms with E-state index in [0.29, 0.717) is 39.5 Å². The number of aliphatic hydroxyl groups excluding tert-OH is 1. The van der Waals surface area contributed by atoms with Crippen LogP contribution in [0.15, 0.2) is 73.8 Å². The zero-order valence-electron chi connectivity index (χ0n) is 19.4. The predicted octanol–water partition coefficient (Wildman–Crippen LogP) is 6.92. The fourth-order valence-corrected chi connectivity index (χ4v) is 4.40. The van der Waals surface area contributed by atoms with E-state index in [1.54, 1.807) is 37.2 Å². The highest BCUT2D eigenvalue weighted by molar-refractivity contribution is 6.42. The van der Waals surface area contributed by atoms with E-state index in [0.717, 1.165) is 24.0 Å². The van der Waals surface area contributed by atoms with Gasteiger partial charge < -0.3 is 19.0 Å². The van der Waals surface area contributed by atoms with Crippen LogP contribution >= 0.6 is 46.4 Å². The van der Waals surface area contributed by atoms with Crippen LogP contribution in [0.2, 0.25) is 20.1 Å². The van der Waals surface area contributed by atoms with Gasteiger partial charge in [-0.15, -0.1) is 0 Å². The molecule has 6 nitrogen and oxygen atoms in total. The second-order valence-electron chi connectivity index (χ2n) is 8.17. The minimum absolute atomic E-state index is 0.0754. The van der Waals surface area contributed by atoms with Gasteiger partial charge in [0.05, 0.1) is 32.7 Å². The summed E-state index contributed by atoms with van der Waals surface area (Å²) in [6.45, 7) is 1.59. The normalized spacial score (nSPS) is 12.5. The Morgan fingerprint density at radius 1 is 0.778 bits per heavy atom. The minimum Gasteiger partial charge on any atom is -0.396 e. The third kappa shape index (κ3) is 8.36. The van der Waals surface area contributed by atoms with Gasteiger partial charge in [-0.3, -0.25) is 0 Å². The quantitative estimate of drug-likeness (QED) is 0.211. The van der Waals surface area contributed by atoms with Crippen molar-refractivity contribution in [2.45, 2.75) is 37.8 Å². The van der Waals surface area contributed by atoms with Crippen molar-refractivity contribution < 1.29 is 9.90 Å². The molecule has 4 aromatic rings. The molecule has 4 rings (SSSR count). The number of hydrogen-bond donors (Lipinski definition) is 1. The molecule has 0 unspecified atom stereocenters. The first-order valence-corrected chi connectivity index (χ1v) is 12.8. The number of nitrogens with zero attached hydrogens (tertiary/aromatic N) is 4. The summed E-state index contributed by atoms with van der Waals surface area (Å²) in [6, 6.07) is 11.1. The molecule has 0 aliphatic rings. The lowest BCUT2D eigenvalue weighted by atomic mass is 9.96. The molecule has 0 bridgehead atoms. The van der Waals surface area contributed by atoms with Crippen molar-refractivity contribution in [3.8, 4) is 0 Å². The lowest BCUT2D eigenvalue weighted by Gasteiger charge is -2.17. The number of halogens is 4. The van der Waals surface area contributed by atoms with Gasteiger partial charge in [-0.25, -0.2) is 9.97 Å². The van der Waals surface area contributed by atoms with E-state index in [1.807, 2.05) is 45.8 Å². The van der Waals surface area contributed by atoms with E-state index in [9.17, 15) is 4.79 Å². The summed E-state index contributed by atoms with van der Waals surface area (Å²) in [7, 11) is 0. The summed E-state index contributed by atoms with van der Waals surface area (Å²) >= 11 is 23.8. The molecule has 0 aliphatic carbocycles. The van der Waals surface area contributed by atoms with Gasteiger partial charge in [0.2, 0.25) is 0 Å². The average molecular weight is 568 g/mol. The predicted molar refractivity (Wildman–Crippen MR) is 145 cm³/mol. The number of benzene rings is 2. The van der Waals surface area contributed by atoms with Crippen LogP contribution in [0.1, 0.15) is 35.8 Å². The highest BCUT2D eigenvalue weighted by Crippen LogP contribution is 2.30. The van der Waals surface area contributed by atoms with E-state index in [-0.39, 0.29) is 18.4 Å². The van der Waals surface area contributed by atoms with Crippen LogP contribution in [0, 0.1) is 0 Å². The molecule has 2 aromatic heterocycles. The Morgan fingerprint density at radius 3 is 1.69 bits per heavy atom. The maximum atomic E-state index is 10.8. The van der Waals surface area contributed by atoms with Crippen molar-refractivity contribution in [3.05, 3.63) is 105 Å². The lowest BCUT2D eigenvalue weighted by Crippen LogP contribution is -2.10. The first kappa shape index (κ1) is 28.2. The van der Waals surface area contributed by atoms with Gasteiger partial charge in [-0.05, 0) is 41.8 Å². The molecule has 0 saturated heterocycles. The molecule has 2 heterocycles. The highest BCUT2D eigenvalue weighted by Gasteiger charge is 2.14. The molecule has 0 aliphatic heterocycles. The summed E-state index contributed by atoms with van der Waals surface area (Å²) < 4.78 is 3.93. The molecule has 190 valence electrons. The van der Waals surface area contributed by atoms with Gasteiger partial charge >= 0.3 is 0 Å². The number of carbonyl (C=O) groups excluding carboxylic acids is 1. The van der Waals surface area contributed by atoms with Gasteiger partial charge in [-0.1, -0.05) is 58.5 Å². The molecular weight excluding hydrogens is 542 g/mol. The fourth-order valence-electron chi connectivity index (χ4n) is 3.78. The van der Waals surface area contributed by atoms with E-state index in [4.69, 9.17) is 51.5 Å². The Morgan fingerprint density at radius 2 is 1.28 bits per heavy atom. The summed E-state index contributed by atoms with van der Waals surface area (Å²) in [6.07, 6.45) is 12.8. The van der Waals surface area contributed by atoms with Crippen LogP contribution < -0.4 is 0 Å². The second-order valence-corrected chi connectivity index (χ2v) is 9.80. The SMILES string of the molecule is O=CC[C@H](Cn1ccnc1)c1ccc(Cl)c(Cl)c1.OCC[C@H](Cn1ccnc1)c1ccc(Cl)c(Cl)c1. The van der Waals surface area contributed by atoms with Crippen molar-refractivity contribution in [2.24, 2.45) is 0 Å². The van der Waals surface area contributed by atoms with Crippen molar-refractivity contribution in [1.82, 2.24) is 19.1 Å². The molecule has 0 fully saturated rings. The molecule has 0 radical (unpaired) electrons. The van der Waals surface area contributed by atoms with Crippen LogP contribution in [0.4, 0.5) is 0 Å². The molecule has 0 amide bonds. The molecule has 1 N–H and O–H groups in total.